The first-order chi connectivity index (χ1) is 8.36. The molecule has 0 radical (unpaired) electrons. The minimum absolute atomic E-state index is 0.329. The fraction of sp³-hybridized carbons (Fsp3) is 0.467. The number of pyridine rings is 1. The average Bonchev–Trinajstić information content (AvgIpc) is 2.66. The second kappa shape index (κ2) is 6.33. The Kier molecular flexibility index (Phi) is 4.48. The smallest absolute Gasteiger partial charge is 0.158 e. The van der Waals surface area contributed by atoms with Gasteiger partial charge in [0.15, 0.2) is 5.78 Å². The van der Waals surface area contributed by atoms with Gasteiger partial charge in [0.2, 0.25) is 0 Å². The first kappa shape index (κ1) is 12.0. The van der Waals surface area contributed by atoms with Gasteiger partial charge in [0.1, 0.15) is 0 Å². The van der Waals surface area contributed by atoms with Gasteiger partial charge in [0, 0.05) is 18.8 Å². The van der Waals surface area contributed by atoms with Crippen molar-refractivity contribution < 1.29 is 4.79 Å². The van der Waals surface area contributed by atoms with Gasteiger partial charge < -0.3 is 0 Å². The van der Waals surface area contributed by atoms with Crippen LogP contribution in [0.4, 0.5) is 0 Å². The molecule has 0 spiro atoms. The van der Waals surface area contributed by atoms with Gasteiger partial charge in [-0.2, -0.15) is 0 Å². The van der Waals surface area contributed by atoms with Crippen LogP contribution in [0.25, 0.3) is 0 Å². The minimum Gasteiger partial charge on any atom is -0.295 e. The molecule has 0 bridgehead atoms. The van der Waals surface area contributed by atoms with Crippen LogP contribution in [0.2, 0.25) is 0 Å². The number of aryl methyl sites for hydroxylation is 1. The molecule has 0 unspecified atom stereocenters. The quantitative estimate of drug-likeness (QED) is 0.791. The van der Waals surface area contributed by atoms with Crippen LogP contribution in [0, 0.1) is 0 Å². The van der Waals surface area contributed by atoms with E-state index in [0.29, 0.717) is 12.2 Å². The predicted molar refractivity (Wildman–Crippen MR) is 68.7 cm³/mol. The molecule has 1 heterocycles. The van der Waals surface area contributed by atoms with Gasteiger partial charge >= 0.3 is 0 Å². The van der Waals surface area contributed by atoms with E-state index in [4.69, 9.17) is 0 Å². The van der Waals surface area contributed by atoms with Crippen molar-refractivity contribution in [3.05, 3.63) is 41.7 Å². The van der Waals surface area contributed by atoms with Crippen molar-refractivity contribution in [2.24, 2.45) is 0 Å². The first-order valence-corrected chi connectivity index (χ1v) is 6.47. The van der Waals surface area contributed by atoms with Gasteiger partial charge in [-0.25, -0.2) is 0 Å². The Morgan fingerprint density at radius 3 is 3.06 bits per heavy atom. The molecule has 1 aromatic rings. The van der Waals surface area contributed by atoms with Gasteiger partial charge in [0.25, 0.3) is 0 Å². The van der Waals surface area contributed by atoms with Gasteiger partial charge in [-0.15, -0.1) is 0 Å². The lowest BCUT2D eigenvalue weighted by atomic mass is 10.0. The fourth-order valence-corrected chi connectivity index (χ4v) is 2.23. The highest BCUT2D eigenvalue weighted by Crippen LogP contribution is 2.19. The number of hydrogen-bond acceptors (Lipinski definition) is 2. The largest absolute Gasteiger partial charge is 0.295 e. The maximum atomic E-state index is 12.0. The maximum absolute atomic E-state index is 12.0. The SMILES string of the molecule is O=C(CCc1cccnc1)C1=CCCCCC1. The second-order valence-electron chi connectivity index (χ2n) is 4.61. The lowest BCUT2D eigenvalue weighted by Gasteiger charge is -2.04. The van der Waals surface area contributed by atoms with Crippen LogP contribution >= 0.6 is 0 Å². The molecule has 17 heavy (non-hydrogen) atoms. The van der Waals surface area contributed by atoms with Crippen LogP contribution in [-0.4, -0.2) is 10.8 Å². The Morgan fingerprint density at radius 1 is 1.29 bits per heavy atom. The van der Waals surface area contributed by atoms with Crippen LogP contribution in [0.3, 0.4) is 0 Å². The molecule has 1 aromatic heterocycles. The summed E-state index contributed by atoms with van der Waals surface area (Å²) in [6.07, 6.45) is 12.9. The molecular weight excluding hydrogens is 210 g/mol. The molecule has 0 amide bonds. The highest BCUT2D eigenvalue weighted by atomic mass is 16.1. The van der Waals surface area contributed by atoms with Crippen LogP contribution in [0.15, 0.2) is 36.2 Å². The Morgan fingerprint density at radius 2 is 2.24 bits per heavy atom. The van der Waals surface area contributed by atoms with Crippen molar-refractivity contribution in [1.82, 2.24) is 4.98 Å². The molecule has 1 aliphatic carbocycles. The molecule has 0 N–H and O–H groups in total. The summed E-state index contributed by atoms with van der Waals surface area (Å²) in [5.41, 5.74) is 2.21. The number of ketones is 1. The number of carbonyl (C=O) groups excluding carboxylic acids is 1. The molecule has 0 aliphatic heterocycles. The highest BCUT2D eigenvalue weighted by Gasteiger charge is 2.11. The number of aromatic nitrogens is 1. The Labute approximate surface area is 103 Å². The molecule has 0 saturated heterocycles. The second-order valence-corrected chi connectivity index (χ2v) is 4.61. The van der Waals surface area contributed by atoms with Crippen molar-refractivity contribution >= 4 is 5.78 Å². The molecule has 0 fully saturated rings. The third-order valence-electron chi connectivity index (χ3n) is 3.26. The molecule has 0 aromatic carbocycles. The van der Waals surface area contributed by atoms with Crippen molar-refractivity contribution in [3.8, 4) is 0 Å². The molecule has 2 heteroatoms. The molecule has 2 nitrogen and oxygen atoms in total. The summed E-state index contributed by atoms with van der Waals surface area (Å²) in [5.74, 6) is 0.329. The van der Waals surface area contributed by atoms with Gasteiger partial charge in [-0.05, 0) is 49.3 Å². The molecule has 2 rings (SSSR count). The first-order valence-electron chi connectivity index (χ1n) is 6.47. The molecule has 1 aliphatic rings. The molecule has 90 valence electrons. The predicted octanol–water partition coefficient (Wildman–Crippen LogP) is 3.47. The zero-order chi connectivity index (χ0) is 11.9. The summed E-state index contributed by atoms with van der Waals surface area (Å²) in [6, 6.07) is 3.95. The van der Waals surface area contributed by atoms with Crippen molar-refractivity contribution in [1.29, 1.82) is 0 Å². The Hall–Kier alpha value is -1.44. The standard InChI is InChI=1S/C15H19NO/c17-15(14-7-3-1-2-4-8-14)10-9-13-6-5-11-16-12-13/h5-7,11-12H,1-4,8-10H2. The van der Waals surface area contributed by atoms with Gasteiger partial charge in [-0.3, -0.25) is 9.78 Å². The number of rotatable bonds is 4. The topological polar surface area (TPSA) is 30.0 Å². The van der Waals surface area contributed by atoms with Crippen molar-refractivity contribution in [2.75, 3.05) is 0 Å². The summed E-state index contributed by atoms with van der Waals surface area (Å²) < 4.78 is 0. The Bertz CT molecular complexity index is 395. The molecular formula is C15H19NO. The zero-order valence-corrected chi connectivity index (χ0v) is 10.2. The summed E-state index contributed by atoms with van der Waals surface area (Å²) in [5, 5.41) is 0. The highest BCUT2D eigenvalue weighted by molar-refractivity contribution is 5.95. The number of allylic oxidation sites excluding steroid dienone is 2. The lowest BCUT2D eigenvalue weighted by Crippen LogP contribution is -2.04. The van der Waals surface area contributed by atoms with E-state index in [9.17, 15) is 4.79 Å². The van der Waals surface area contributed by atoms with Crippen molar-refractivity contribution in [2.45, 2.75) is 44.9 Å². The summed E-state index contributed by atoms with van der Waals surface area (Å²) in [4.78, 5) is 16.1. The number of carbonyl (C=O) groups is 1. The van der Waals surface area contributed by atoms with Crippen LogP contribution in [-0.2, 0) is 11.2 Å². The van der Waals surface area contributed by atoms with E-state index < -0.39 is 0 Å². The molecule has 0 saturated carbocycles. The summed E-state index contributed by atoms with van der Waals surface area (Å²) >= 11 is 0. The average molecular weight is 229 g/mol. The maximum Gasteiger partial charge on any atom is 0.158 e. The summed E-state index contributed by atoms with van der Waals surface area (Å²) in [6.45, 7) is 0. The van der Waals surface area contributed by atoms with Gasteiger partial charge in [-0.1, -0.05) is 18.6 Å². The number of nitrogens with zero attached hydrogens (tertiary/aromatic N) is 1. The Balaban J connectivity index is 1.86. The molecule has 0 atom stereocenters. The van der Waals surface area contributed by atoms with Gasteiger partial charge in [0.05, 0.1) is 0 Å². The lowest BCUT2D eigenvalue weighted by molar-refractivity contribution is -0.115. The zero-order valence-electron chi connectivity index (χ0n) is 10.2. The van der Waals surface area contributed by atoms with Crippen LogP contribution in [0.5, 0.6) is 0 Å². The minimum atomic E-state index is 0.329. The van der Waals surface area contributed by atoms with E-state index in [1.165, 1.54) is 19.3 Å². The third kappa shape index (κ3) is 3.81. The van der Waals surface area contributed by atoms with E-state index >= 15 is 0 Å². The van der Waals surface area contributed by atoms with E-state index in [-0.39, 0.29) is 0 Å². The third-order valence-corrected chi connectivity index (χ3v) is 3.26. The number of hydrogen-bond donors (Lipinski definition) is 0. The van der Waals surface area contributed by atoms with Crippen LogP contribution < -0.4 is 0 Å². The number of Topliss-reactive ketones (excluding diaryl/α,β-unsaturated/α-hetero) is 1. The monoisotopic (exact) mass is 229 g/mol. The van der Waals surface area contributed by atoms with Crippen molar-refractivity contribution in [3.63, 3.8) is 0 Å². The van der Waals surface area contributed by atoms with E-state index in [2.05, 4.69) is 11.1 Å². The normalized spacial score (nSPS) is 16.1. The van der Waals surface area contributed by atoms with E-state index in [0.717, 1.165) is 30.4 Å². The van der Waals surface area contributed by atoms with Crippen LogP contribution in [0.1, 0.15) is 44.1 Å². The van der Waals surface area contributed by atoms with E-state index in [1.807, 2.05) is 18.3 Å². The van der Waals surface area contributed by atoms with E-state index in [1.54, 1.807) is 6.20 Å². The fourth-order valence-electron chi connectivity index (χ4n) is 2.23. The summed E-state index contributed by atoms with van der Waals surface area (Å²) in [7, 11) is 0.